The lowest BCUT2D eigenvalue weighted by atomic mass is 9.99. The maximum atomic E-state index is 13.0. The van der Waals surface area contributed by atoms with Crippen molar-refractivity contribution in [1.82, 2.24) is 9.80 Å². The number of benzene rings is 3. The molecule has 5 rings (SSSR count). The zero-order chi connectivity index (χ0) is 29.6. The van der Waals surface area contributed by atoms with E-state index in [1.165, 1.54) is 4.90 Å². The van der Waals surface area contributed by atoms with E-state index in [0.717, 1.165) is 45.7 Å². The molecule has 2 N–H and O–H groups in total. The molecule has 0 bridgehead atoms. The number of hydrogen-bond donors (Lipinski definition) is 2. The number of nitrogens with zero attached hydrogens (tertiary/aromatic N) is 2. The monoisotopic (exact) mass is 571 g/mol. The van der Waals surface area contributed by atoms with Crippen molar-refractivity contribution in [3.63, 3.8) is 0 Å². The van der Waals surface area contributed by atoms with Crippen LogP contribution in [-0.4, -0.2) is 64.8 Å². The van der Waals surface area contributed by atoms with Crippen LogP contribution in [0, 0.1) is 13.8 Å². The van der Waals surface area contributed by atoms with Gasteiger partial charge in [-0.15, -0.1) is 0 Å². The van der Waals surface area contributed by atoms with Crippen LogP contribution in [0.15, 0.2) is 66.7 Å². The molecular formula is C33H37N3O6. The molecule has 0 radical (unpaired) electrons. The Labute approximate surface area is 246 Å². The van der Waals surface area contributed by atoms with Gasteiger partial charge in [-0.2, -0.15) is 0 Å². The lowest BCUT2D eigenvalue weighted by Crippen LogP contribution is -2.50. The number of ether oxygens (including phenoxy) is 2. The third-order valence-electron chi connectivity index (χ3n) is 8.10. The third-order valence-corrected chi connectivity index (χ3v) is 8.10. The van der Waals surface area contributed by atoms with Crippen LogP contribution in [0.2, 0.25) is 0 Å². The topological polar surface area (TPSA) is 108 Å². The largest absolute Gasteiger partial charge is 0.489 e. The highest BCUT2D eigenvalue weighted by atomic mass is 16.6. The third kappa shape index (κ3) is 6.84. The van der Waals surface area contributed by atoms with E-state index in [4.69, 9.17) is 9.47 Å². The second-order valence-corrected chi connectivity index (χ2v) is 11.0. The fraction of sp³-hybridized carbons (Fsp3) is 0.364. The standard InChI is InChI=1S/C33H37N3O6/c1-22-19-29(41-21-24-8-4-3-5-9-24)23(2)18-26(22)20-30(31(37)38)42-33(40)35-15-13-27(14-16-35)36-17-12-25-10-6-7-11-28(25)34-32(36)39/h3-11,18-19,27,30H,12-17,20-21H2,1-2H3,(H,34,39)(H,37,38)/t30-/m1/s1. The molecule has 3 aromatic carbocycles. The molecule has 220 valence electrons. The fourth-order valence-corrected chi connectivity index (χ4v) is 5.63. The fourth-order valence-electron chi connectivity index (χ4n) is 5.63. The molecule has 3 amide bonds. The van der Waals surface area contributed by atoms with Gasteiger partial charge in [0.2, 0.25) is 6.10 Å². The predicted octanol–water partition coefficient (Wildman–Crippen LogP) is 5.57. The molecule has 2 heterocycles. The molecule has 9 heteroatoms. The van der Waals surface area contributed by atoms with Gasteiger partial charge in [0, 0.05) is 37.8 Å². The molecule has 3 aromatic rings. The highest BCUT2D eigenvalue weighted by Crippen LogP contribution is 2.27. The average Bonchev–Trinajstić information content (AvgIpc) is 3.16. The van der Waals surface area contributed by atoms with E-state index in [1.54, 1.807) is 0 Å². The van der Waals surface area contributed by atoms with Gasteiger partial charge in [-0.1, -0.05) is 54.6 Å². The van der Waals surface area contributed by atoms with Crippen LogP contribution in [0.5, 0.6) is 5.75 Å². The summed E-state index contributed by atoms with van der Waals surface area (Å²) < 4.78 is 11.5. The maximum Gasteiger partial charge on any atom is 0.410 e. The molecule has 2 aliphatic rings. The number of para-hydroxylation sites is 1. The lowest BCUT2D eigenvalue weighted by molar-refractivity contribution is -0.147. The molecular weight excluding hydrogens is 534 g/mol. The zero-order valence-corrected chi connectivity index (χ0v) is 24.0. The van der Waals surface area contributed by atoms with Crippen molar-refractivity contribution in [1.29, 1.82) is 0 Å². The van der Waals surface area contributed by atoms with Gasteiger partial charge in [-0.05, 0) is 73.1 Å². The summed E-state index contributed by atoms with van der Waals surface area (Å²) in [5.74, 6) is -0.464. The molecule has 0 unspecified atom stereocenters. The predicted molar refractivity (Wildman–Crippen MR) is 159 cm³/mol. The van der Waals surface area contributed by atoms with E-state index >= 15 is 0 Å². The molecule has 0 aliphatic carbocycles. The van der Waals surface area contributed by atoms with E-state index in [0.29, 0.717) is 39.1 Å². The van der Waals surface area contributed by atoms with Crippen LogP contribution in [0.1, 0.15) is 40.7 Å². The summed E-state index contributed by atoms with van der Waals surface area (Å²) in [5, 5.41) is 12.9. The minimum absolute atomic E-state index is 0.00752. The summed E-state index contributed by atoms with van der Waals surface area (Å²) in [6, 6.07) is 21.3. The number of anilines is 1. The van der Waals surface area contributed by atoms with Crippen LogP contribution in [0.4, 0.5) is 15.3 Å². The Morgan fingerprint density at radius 1 is 0.976 bits per heavy atom. The minimum atomic E-state index is -1.32. The number of hydrogen-bond acceptors (Lipinski definition) is 5. The number of amides is 3. The molecule has 0 spiro atoms. The summed E-state index contributed by atoms with van der Waals surface area (Å²) in [6.07, 6.45) is 0.0393. The average molecular weight is 572 g/mol. The number of piperidine rings is 1. The SMILES string of the molecule is Cc1cc(OCc2ccccc2)c(C)cc1C[C@@H](OC(=O)N1CCC(N2CCc3ccccc3NC2=O)CC1)C(=O)O. The van der Waals surface area contributed by atoms with Gasteiger partial charge >= 0.3 is 18.1 Å². The van der Waals surface area contributed by atoms with Crippen molar-refractivity contribution in [2.24, 2.45) is 0 Å². The normalized spacial score (nSPS) is 16.2. The summed E-state index contributed by atoms with van der Waals surface area (Å²) in [6.45, 7) is 5.62. The van der Waals surface area contributed by atoms with Crippen LogP contribution in [0.25, 0.3) is 0 Å². The van der Waals surface area contributed by atoms with Gasteiger partial charge in [0.1, 0.15) is 12.4 Å². The van der Waals surface area contributed by atoms with Gasteiger partial charge in [-0.25, -0.2) is 14.4 Å². The number of carboxylic acid groups (broad SMARTS) is 1. The molecule has 2 aliphatic heterocycles. The Balaban J connectivity index is 1.15. The Morgan fingerprint density at radius 2 is 1.69 bits per heavy atom. The first-order valence-corrected chi connectivity index (χ1v) is 14.4. The van der Waals surface area contributed by atoms with Gasteiger partial charge in [0.15, 0.2) is 0 Å². The molecule has 1 atom stereocenters. The van der Waals surface area contributed by atoms with E-state index in [1.807, 2.05) is 85.5 Å². The second-order valence-electron chi connectivity index (χ2n) is 11.0. The molecule has 1 fully saturated rings. The van der Waals surface area contributed by atoms with E-state index < -0.39 is 18.2 Å². The van der Waals surface area contributed by atoms with Crippen molar-refractivity contribution in [3.05, 3.63) is 94.5 Å². The number of likely N-dealkylation sites (tertiary alicyclic amines) is 1. The van der Waals surface area contributed by atoms with Gasteiger partial charge in [0.25, 0.3) is 0 Å². The summed E-state index contributed by atoms with van der Waals surface area (Å²) in [4.78, 5) is 41.4. The van der Waals surface area contributed by atoms with Crippen molar-refractivity contribution in [2.45, 2.75) is 58.3 Å². The van der Waals surface area contributed by atoms with Gasteiger partial charge in [-0.3, -0.25) is 0 Å². The zero-order valence-electron chi connectivity index (χ0n) is 24.0. The van der Waals surface area contributed by atoms with Gasteiger partial charge in [0.05, 0.1) is 0 Å². The van der Waals surface area contributed by atoms with Crippen molar-refractivity contribution in [2.75, 3.05) is 25.0 Å². The number of aliphatic carboxylic acids is 1. The number of carbonyl (C=O) groups excluding carboxylic acids is 2. The molecule has 0 aromatic heterocycles. The molecule has 0 saturated carbocycles. The van der Waals surface area contributed by atoms with Crippen LogP contribution in [-0.2, 0) is 29.0 Å². The Kier molecular flexibility index (Phi) is 8.95. The second kappa shape index (κ2) is 13.0. The number of carboxylic acids is 1. The van der Waals surface area contributed by atoms with Crippen LogP contribution in [0.3, 0.4) is 0 Å². The summed E-state index contributed by atoms with van der Waals surface area (Å²) in [5.41, 5.74) is 5.53. The van der Waals surface area contributed by atoms with Crippen LogP contribution < -0.4 is 10.1 Å². The van der Waals surface area contributed by atoms with E-state index in [9.17, 15) is 19.5 Å². The number of rotatable bonds is 8. The Hall–Kier alpha value is -4.53. The maximum absolute atomic E-state index is 13.0. The van der Waals surface area contributed by atoms with Crippen molar-refractivity contribution in [3.8, 4) is 5.75 Å². The molecule has 42 heavy (non-hydrogen) atoms. The Morgan fingerprint density at radius 3 is 2.43 bits per heavy atom. The number of aryl methyl sites for hydroxylation is 2. The Bertz CT molecular complexity index is 1430. The van der Waals surface area contributed by atoms with E-state index in [2.05, 4.69) is 5.32 Å². The number of nitrogens with one attached hydrogen (secondary N) is 1. The van der Waals surface area contributed by atoms with Gasteiger partial charge < -0.3 is 29.7 Å². The molecule has 9 nitrogen and oxygen atoms in total. The first-order valence-electron chi connectivity index (χ1n) is 14.4. The summed E-state index contributed by atoms with van der Waals surface area (Å²) in [7, 11) is 0. The quantitative estimate of drug-likeness (QED) is 0.366. The minimum Gasteiger partial charge on any atom is -0.489 e. The van der Waals surface area contributed by atoms with Crippen molar-refractivity contribution < 1.29 is 29.0 Å². The number of carbonyl (C=O) groups is 3. The number of fused-ring (bicyclic) bond motifs is 1. The van der Waals surface area contributed by atoms with Crippen LogP contribution >= 0.6 is 0 Å². The van der Waals surface area contributed by atoms with Crippen molar-refractivity contribution >= 4 is 23.8 Å². The first-order chi connectivity index (χ1) is 20.3. The smallest absolute Gasteiger partial charge is 0.410 e. The molecule has 1 saturated heterocycles. The summed E-state index contributed by atoms with van der Waals surface area (Å²) >= 11 is 0. The highest BCUT2D eigenvalue weighted by Gasteiger charge is 2.33. The van der Waals surface area contributed by atoms with E-state index in [-0.39, 0.29) is 18.5 Å². The highest BCUT2D eigenvalue weighted by molar-refractivity contribution is 5.91. The first kappa shape index (κ1) is 29.0. The lowest BCUT2D eigenvalue weighted by Gasteiger charge is -2.37. The number of urea groups is 1.